The quantitative estimate of drug-likeness (QED) is 0.736. The minimum atomic E-state index is -0.258. The zero-order valence-corrected chi connectivity index (χ0v) is 12.0. The van der Waals surface area contributed by atoms with Gasteiger partial charge in [-0.2, -0.15) is 0 Å². The van der Waals surface area contributed by atoms with E-state index in [9.17, 15) is 4.39 Å². The maximum atomic E-state index is 13.5. The average molecular weight is 269 g/mol. The van der Waals surface area contributed by atoms with Crippen molar-refractivity contribution in [1.29, 1.82) is 0 Å². The van der Waals surface area contributed by atoms with E-state index < -0.39 is 0 Å². The van der Waals surface area contributed by atoms with E-state index in [2.05, 4.69) is 6.92 Å². The van der Waals surface area contributed by atoms with Crippen LogP contribution in [0.3, 0.4) is 0 Å². The second-order valence-electron chi connectivity index (χ2n) is 4.74. The lowest BCUT2D eigenvalue weighted by Gasteiger charge is -2.15. The third kappa shape index (κ3) is 5.17. The summed E-state index contributed by atoms with van der Waals surface area (Å²) >= 11 is 0. The lowest BCUT2D eigenvalue weighted by atomic mass is 10.1. The van der Waals surface area contributed by atoms with Gasteiger partial charge in [-0.1, -0.05) is 13.3 Å². The maximum Gasteiger partial charge on any atom is 0.126 e. The van der Waals surface area contributed by atoms with E-state index in [1.54, 1.807) is 13.0 Å². The molecular formula is C15H24FNO2. The SMILES string of the molecule is CCCCOCCOc1cc(C)c(F)cc1[C@H](C)N. The highest BCUT2D eigenvalue weighted by Crippen LogP contribution is 2.27. The summed E-state index contributed by atoms with van der Waals surface area (Å²) in [5, 5.41) is 0. The molecule has 0 spiro atoms. The van der Waals surface area contributed by atoms with Gasteiger partial charge in [0, 0.05) is 18.2 Å². The maximum absolute atomic E-state index is 13.5. The van der Waals surface area contributed by atoms with Crippen LogP contribution in [-0.4, -0.2) is 19.8 Å². The van der Waals surface area contributed by atoms with E-state index in [0.29, 0.717) is 30.1 Å². The largest absolute Gasteiger partial charge is 0.491 e. The van der Waals surface area contributed by atoms with Gasteiger partial charge in [0.05, 0.1) is 6.61 Å². The first-order valence-corrected chi connectivity index (χ1v) is 6.82. The fraction of sp³-hybridized carbons (Fsp3) is 0.600. The molecule has 0 saturated heterocycles. The molecular weight excluding hydrogens is 245 g/mol. The minimum Gasteiger partial charge on any atom is -0.491 e. The first kappa shape index (κ1) is 15.9. The molecule has 1 rings (SSSR count). The van der Waals surface area contributed by atoms with Crippen LogP contribution < -0.4 is 10.5 Å². The Bertz CT molecular complexity index is 394. The first-order valence-electron chi connectivity index (χ1n) is 6.82. The van der Waals surface area contributed by atoms with Crippen molar-refractivity contribution in [2.24, 2.45) is 5.73 Å². The van der Waals surface area contributed by atoms with Crippen LogP contribution in [0.15, 0.2) is 12.1 Å². The predicted octanol–water partition coefficient (Wildman–Crippen LogP) is 3.35. The number of benzene rings is 1. The van der Waals surface area contributed by atoms with Gasteiger partial charge in [0.25, 0.3) is 0 Å². The van der Waals surface area contributed by atoms with Crippen LogP contribution in [0.1, 0.15) is 43.9 Å². The number of unbranched alkanes of at least 4 members (excludes halogenated alkanes) is 1. The molecule has 4 heteroatoms. The molecule has 2 N–H and O–H groups in total. The Hall–Kier alpha value is -1.13. The summed E-state index contributed by atoms with van der Waals surface area (Å²) in [7, 11) is 0. The van der Waals surface area contributed by atoms with Crippen molar-refractivity contribution >= 4 is 0 Å². The standard InChI is InChI=1S/C15H24FNO2/c1-4-5-6-18-7-8-19-15-9-11(2)14(16)10-13(15)12(3)17/h9-10,12H,4-8,17H2,1-3H3/t12-/m0/s1. The fourth-order valence-electron chi connectivity index (χ4n) is 1.71. The number of aryl methyl sites for hydroxylation is 1. The number of halogens is 1. The van der Waals surface area contributed by atoms with E-state index in [0.717, 1.165) is 19.4 Å². The molecule has 1 atom stereocenters. The van der Waals surface area contributed by atoms with E-state index in [1.807, 2.05) is 6.92 Å². The topological polar surface area (TPSA) is 44.5 Å². The van der Waals surface area contributed by atoms with Crippen LogP contribution in [-0.2, 0) is 4.74 Å². The summed E-state index contributed by atoms with van der Waals surface area (Å²) in [5.74, 6) is 0.395. The third-order valence-corrected chi connectivity index (χ3v) is 2.91. The van der Waals surface area contributed by atoms with Crippen LogP contribution in [0.2, 0.25) is 0 Å². The third-order valence-electron chi connectivity index (χ3n) is 2.91. The lowest BCUT2D eigenvalue weighted by Crippen LogP contribution is -2.12. The molecule has 0 unspecified atom stereocenters. The molecule has 0 amide bonds. The van der Waals surface area contributed by atoms with Gasteiger partial charge in [-0.05, 0) is 38.0 Å². The van der Waals surface area contributed by atoms with Crippen LogP contribution in [0.4, 0.5) is 4.39 Å². The molecule has 0 aliphatic carbocycles. The molecule has 108 valence electrons. The smallest absolute Gasteiger partial charge is 0.126 e. The van der Waals surface area contributed by atoms with E-state index in [4.69, 9.17) is 15.2 Å². The van der Waals surface area contributed by atoms with Crippen LogP contribution >= 0.6 is 0 Å². The molecule has 0 aromatic heterocycles. The Morgan fingerprint density at radius 1 is 1.26 bits per heavy atom. The van der Waals surface area contributed by atoms with E-state index >= 15 is 0 Å². The Kier molecular flexibility index (Phi) is 6.81. The molecule has 0 heterocycles. The van der Waals surface area contributed by atoms with E-state index in [-0.39, 0.29) is 11.9 Å². The van der Waals surface area contributed by atoms with Gasteiger partial charge in [0.2, 0.25) is 0 Å². The Balaban J connectivity index is 2.54. The van der Waals surface area contributed by atoms with Crippen LogP contribution in [0, 0.1) is 12.7 Å². The van der Waals surface area contributed by atoms with Gasteiger partial charge in [0.15, 0.2) is 0 Å². The fourth-order valence-corrected chi connectivity index (χ4v) is 1.71. The number of nitrogens with two attached hydrogens (primary N) is 1. The summed E-state index contributed by atoms with van der Waals surface area (Å²) < 4.78 is 24.6. The van der Waals surface area contributed by atoms with Crippen molar-refractivity contribution in [3.8, 4) is 5.75 Å². The molecule has 0 aliphatic heterocycles. The molecule has 0 bridgehead atoms. The summed E-state index contributed by atoms with van der Waals surface area (Å²) in [6, 6.07) is 2.89. The number of hydrogen-bond acceptors (Lipinski definition) is 3. The molecule has 1 aromatic rings. The second-order valence-corrected chi connectivity index (χ2v) is 4.74. The van der Waals surface area contributed by atoms with Gasteiger partial charge in [-0.25, -0.2) is 4.39 Å². The predicted molar refractivity (Wildman–Crippen MR) is 75.0 cm³/mol. The molecule has 0 aliphatic rings. The number of hydrogen-bond donors (Lipinski definition) is 1. The van der Waals surface area contributed by atoms with Gasteiger partial charge in [-0.3, -0.25) is 0 Å². The van der Waals surface area contributed by atoms with Crippen molar-refractivity contribution < 1.29 is 13.9 Å². The van der Waals surface area contributed by atoms with Crippen molar-refractivity contribution in [3.63, 3.8) is 0 Å². The van der Waals surface area contributed by atoms with Crippen molar-refractivity contribution in [2.75, 3.05) is 19.8 Å². The average Bonchev–Trinajstić information content (AvgIpc) is 2.37. The highest BCUT2D eigenvalue weighted by Gasteiger charge is 2.12. The van der Waals surface area contributed by atoms with Crippen molar-refractivity contribution in [1.82, 2.24) is 0 Å². The van der Waals surface area contributed by atoms with Crippen LogP contribution in [0.25, 0.3) is 0 Å². The molecule has 19 heavy (non-hydrogen) atoms. The van der Waals surface area contributed by atoms with E-state index in [1.165, 1.54) is 6.07 Å². The zero-order chi connectivity index (χ0) is 14.3. The minimum absolute atomic E-state index is 0.251. The molecule has 3 nitrogen and oxygen atoms in total. The Morgan fingerprint density at radius 2 is 2.00 bits per heavy atom. The lowest BCUT2D eigenvalue weighted by molar-refractivity contribution is 0.0976. The molecule has 1 aromatic carbocycles. The second kappa shape index (κ2) is 8.12. The molecule has 0 saturated carbocycles. The zero-order valence-electron chi connectivity index (χ0n) is 12.0. The molecule has 0 fully saturated rings. The van der Waals surface area contributed by atoms with Crippen molar-refractivity contribution in [2.45, 2.75) is 39.7 Å². The monoisotopic (exact) mass is 269 g/mol. The summed E-state index contributed by atoms with van der Waals surface area (Å²) in [4.78, 5) is 0. The van der Waals surface area contributed by atoms with Gasteiger partial charge < -0.3 is 15.2 Å². The highest BCUT2D eigenvalue weighted by molar-refractivity contribution is 5.39. The summed E-state index contributed by atoms with van der Waals surface area (Å²) in [6.07, 6.45) is 2.17. The summed E-state index contributed by atoms with van der Waals surface area (Å²) in [5.41, 5.74) is 7.08. The number of rotatable bonds is 8. The Morgan fingerprint density at radius 3 is 2.63 bits per heavy atom. The van der Waals surface area contributed by atoms with Gasteiger partial charge in [-0.15, -0.1) is 0 Å². The van der Waals surface area contributed by atoms with Crippen molar-refractivity contribution in [3.05, 3.63) is 29.1 Å². The molecule has 0 radical (unpaired) electrons. The van der Waals surface area contributed by atoms with Gasteiger partial charge in [0.1, 0.15) is 18.2 Å². The summed E-state index contributed by atoms with van der Waals surface area (Å²) in [6.45, 7) is 7.39. The normalized spacial score (nSPS) is 12.5. The Labute approximate surface area is 114 Å². The highest BCUT2D eigenvalue weighted by atomic mass is 19.1. The first-order chi connectivity index (χ1) is 9.06. The van der Waals surface area contributed by atoms with Crippen LogP contribution in [0.5, 0.6) is 5.75 Å². The van der Waals surface area contributed by atoms with Gasteiger partial charge >= 0.3 is 0 Å². The number of ether oxygens (including phenoxy) is 2.